The molecule has 102 valence electrons. The summed E-state index contributed by atoms with van der Waals surface area (Å²) in [5.74, 6) is 2.59. The largest absolute Gasteiger partial charge is 0.389 e. The van der Waals surface area contributed by atoms with E-state index in [1.807, 2.05) is 6.92 Å². The van der Waals surface area contributed by atoms with Crippen LogP contribution in [0.1, 0.15) is 50.0 Å². The van der Waals surface area contributed by atoms with Gasteiger partial charge in [-0.25, -0.2) is 0 Å². The van der Waals surface area contributed by atoms with Crippen molar-refractivity contribution >= 4 is 16.5 Å². The van der Waals surface area contributed by atoms with Crippen LogP contribution >= 0.6 is 11.5 Å². The second kappa shape index (κ2) is 4.92. The molecule has 0 amide bonds. The Hall–Kier alpha value is -1.43. The van der Waals surface area contributed by atoms with Crippen molar-refractivity contribution in [2.75, 3.05) is 5.73 Å². The molecule has 2 heterocycles. The lowest BCUT2D eigenvalue weighted by Gasteiger charge is -2.23. The summed E-state index contributed by atoms with van der Waals surface area (Å²) in [6, 6.07) is 0. The average molecular weight is 278 g/mol. The van der Waals surface area contributed by atoms with Crippen molar-refractivity contribution < 1.29 is 4.52 Å². The van der Waals surface area contributed by atoms with Gasteiger partial charge in [0.15, 0.2) is 5.82 Å². The summed E-state index contributed by atoms with van der Waals surface area (Å²) in [6.07, 6.45) is 4.79. The summed E-state index contributed by atoms with van der Waals surface area (Å²) in [5.41, 5.74) is 7.56. The van der Waals surface area contributed by atoms with E-state index in [0.717, 1.165) is 35.8 Å². The zero-order valence-corrected chi connectivity index (χ0v) is 12.0. The molecule has 0 aromatic carbocycles. The molecule has 19 heavy (non-hydrogen) atoms. The lowest BCUT2D eigenvalue weighted by molar-refractivity contribution is 0.329. The summed E-state index contributed by atoms with van der Waals surface area (Å²) < 4.78 is 9.59. The van der Waals surface area contributed by atoms with Crippen LogP contribution in [0.3, 0.4) is 0 Å². The van der Waals surface area contributed by atoms with E-state index in [1.165, 1.54) is 24.4 Å². The van der Waals surface area contributed by atoms with Gasteiger partial charge in [0.25, 0.3) is 5.89 Å². The maximum atomic E-state index is 5.91. The fourth-order valence-corrected chi connectivity index (χ4v) is 3.32. The third-order valence-corrected chi connectivity index (χ3v) is 4.69. The van der Waals surface area contributed by atoms with Crippen LogP contribution in [0, 0.1) is 12.8 Å². The van der Waals surface area contributed by atoms with Crippen LogP contribution in [0.2, 0.25) is 0 Å². The number of nitrogens with two attached hydrogens (primary N) is 1. The molecule has 6 heteroatoms. The number of hydrogen-bond acceptors (Lipinski definition) is 6. The number of anilines is 1. The molecule has 1 aliphatic rings. The smallest absolute Gasteiger partial charge is 0.262 e. The molecule has 0 unspecified atom stereocenters. The third kappa shape index (κ3) is 2.36. The van der Waals surface area contributed by atoms with Gasteiger partial charge >= 0.3 is 0 Å². The van der Waals surface area contributed by atoms with Gasteiger partial charge in [-0.05, 0) is 37.2 Å². The minimum atomic E-state index is 0.432. The van der Waals surface area contributed by atoms with Crippen molar-refractivity contribution in [3.05, 3.63) is 11.5 Å². The normalized spacial score (nSPS) is 23.7. The van der Waals surface area contributed by atoms with Gasteiger partial charge in [0.1, 0.15) is 5.00 Å². The first-order valence-electron chi connectivity index (χ1n) is 6.71. The first kappa shape index (κ1) is 12.6. The molecule has 0 aliphatic heterocycles. The van der Waals surface area contributed by atoms with Gasteiger partial charge in [0.2, 0.25) is 0 Å². The standard InChI is InChI=1S/C13H18N4OS/c1-7-3-5-9(6-4-7)12-15-13(18-16-12)10-8(2)17-19-11(10)14/h7,9H,3-6,14H2,1-2H3. The van der Waals surface area contributed by atoms with Crippen LogP contribution in [-0.4, -0.2) is 14.5 Å². The molecule has 2 N–H and O–H groups in total. The van der Waals surface area contributed by atoms with E-state index in [0.29, 0.717) is 16.8 Å². The number of aromatic nitrogens is 3. The average Bonchev–Trinajstić information content (AvgIpc) is 2.98. The molecule has 5 nitrogen and oxygen atoms in total. The van der Waals surface area contributed by atoms with Crippen LogP contribution in [0.4, 0.5) is 5.00 Å². The Morgan fingerprint density at radius 3 is 2.63 bits per heavy atom. The Balaban J connectivity index is 1.84. The molecular weight excluding hydrogens is 260 g/mol. The van der Waals surface area contributed by atoms with Gasteiger partial charge in [-0.15, -0.1) is 0 Å². The zero-order valence-electron chi connectivity index (χ0n) is 11.2. The van der Waals surface area contributed by atoms with Gasteiger partial charge in [0.05, 0.1) is 11.3 Å². The molecule has 2 aromatic rings. The van der Waals surface area contributed by atoms with Gasteiger partial charge in [-0.2, -0.15) is 9.36 Å². The molecule has 0 atom stereocenters. The Labute approximate surface area is 116 Å². The Morgan fingerprint density at radius 2 is 2.00 bits per heavy atom. The number of nitrogens with zero attached hydrogens (tertiary/aromatic N) is 3. The van der Waals surface area contributed by atoms with Gasteiger partial charge in [0, 0.05) is 5.92 Å². The molecular formula is C13H18N4OS. The second-order valence-corrected chi connectivity index (χ2v) is 6.23. The molecule has 1 aliphatic carbocycles. The van der Waals surface area contributed by atoms with Crippen molar-refractivity contribution in [2.45, 2.75) is 45.4 Å². The number of aryl methyl sites for hydroxylation is 1. The minimum Gasteiger partial charge on any atom is -0.389 e. The molecule has 1 saturated carbocycles. The fourth-order valence-electron chi connectivity index (χ4n) is 2.67. The number of nitrogen functional groups attached to an aromatic ring is 1. The summed E-state index contributed by atoms with van der Waals surface area (Å²) in [7, 11) is 0. The van der Waals surface area contributed by atoms with Crippen molar-refractivity contribution in [1.82, 2.24) is 14.5 Å². The lowest BCUT2D eigenvalue weighted by atomic mass is 9.83. The minimum absolute atomic E-state index is 0.432. The second-order valence-electron chi connectivity index (χ2n) is 5.42. The van der Waals surface area contributed by atoms with Gasteiger partial charge < -0.3 is 10.3 Å². The van der Waals surface area contributed by atoms with Gasteiger partial charge in [-0.1, -0.05) is 24.9 Å². The van der Waals surface area contributed by atoms with E-state index in [-0.39, 0.29) is 0 Å². The van der Waals surface area contributed by atoms with E-state index in [1.54, 1.807) is 0 Å². The Bertz CT molecular complexity index is 549. The highest BCUT2D eigenvalue weighted by molar-refractivity contribution is 7.10. The van der Waals surface area contributed by atoms with Crippen LogP contribution < -0.4 is 5.73 Å². The Kier molecular flexibility index (Phi) is 3.26. The van der Waals surface area contributed by atoms with E-state index in [2.05, 4.69) is 21.4 Å². The summed E-state index contributed by atoms with van der Waals surface area (Å²) >= 11 is 1.27. The highest BCUT2D eigenvalue weighted by atomic mass is 32.1. The van der Waals surface area contributed by atoms with Gasteiger partial charge in [-0.3, -0.25) is 0 Å². The molecule has 3 rings (SSSR count). The van der Waals surface area contributed by atoms with E-state index < -0.39 is 0 Å². The van der Waals surface area contributed by atoms with Crippen LogP contribution in [0.15, 0.2) is 4.52 Å². The molecule has 0 spiro atoms. The van der Waals surface area contributed by atoms with Crippen LogP contribution in [0.25, 0.3) is 11.5 Å². The Morgan fingerprint density at radius 1 is 1.26 bits per heavy atom. The summed E-state index contributed by atoms with van der Waals surface area (Å²) in [6.45, 7) is 4.22. The number of hydrogen-bond donors (Lipinski definition) is 1. The summed E-state index contributed by atoms with van der Waals surface area (Å²) in [4.78, 5) is 4.53. The van der Waals surface area contributed by atoms with E-state index in [4.69, 9.17) is 10.3 Å². The lowest BCUT2D eigenvalue weighted by Crippen LogP contribution is -2.11. The molecule has 0 saturated heterocycles. The van der Waals surface area contributed by atoms with Crippen molar-refractivity contribution in [1.29, 1.82) is 0 Å². The van der Waals surface area contributed by atoms with Crippen molar-refractivity contribution in [2.24, 2.45) is 5.92 Å². The summed E-state index contributed by atoms with van der Waals surface area (Å²) in [5, 5.41) is 4.78. The zero-order chi connectivity index (χ0) is 13.4. The first-order valence-corrected chi connectivity index (χ1v) is 7.48. The van der Waals surface area contributed by atoms with E-state index in [9.17, 15) is 0 Å². The molecule has 0 bridgehead atoms. The highest BCUT2D eigenvalue weighted by Crippen LogP contribution is 2.36. The molecule has 2 aromatic heterocycles. The first-order chi connectivity index (χ1) is 9.15. The van der Waals surface area contributed by atoms with Crippen LogP contribution in [0.5, 0.6) is 0 Å². The van der Waals surface area contributed by atoms with Crippen molar-refractivity contribution in [3.8, 4) is 11.5 Å². The maximum absolute atomic E-state index is 5.91. The van der Waals surface area contributed by atoms with Crippen LogP contribution in [-0.2, 0) is 0 Å². The monoisotopic (exact) mass is 278 g/mol. The highest BCUT2D eigenvalue weighted by Gasteiger charge is 2.25. The fraction of sp³-hybridized carbons (Fsp3) is 0.615. The van der Waals surface area contributed by atoms with E-state index >= 15 is 0 Å². The van der Waals surface area contributed by atoms with Crippen molar-refractivity contribution in [3.63, 3.8) is 0 Å². The predicted molar refractivity (Wildman–Crippen MR) is 74.9 cm³/mol. The number of rotatable bonds is 2. The maximum Gasteiger partial charge on any atom is 0.262 e. The SMILES string of the molecule is Cc1nsc(N)c1-c1nc(C2CCC(C)CC2)no1. The predicted octanol–water partition coefficient (Wildman–Crippen LogP) is 3.38. The topological polar surface area (TPSA) is 77.8 Å². The molecule has 0 radical (unpaired) electrons. The quantitative estimate of drug-likeness (QED) is 0.911. The molecule has 1 fully saturated rings. The third-order valence-electron chi connectivity index (χ3n) is 3.93.